The molecule has 0 aromatic carbocycles. The Bertz CT molecular complexity index is 178. The van der Waals surface area contributed by atoms with E-state index in [-0.39, 0.29) is 0 Å². The molecular formula is C9H22NO2PS. The lowest BCUT2D eigenvalue weighted by atomic mass is 9.97. The molecule has 3 N–H and O–H groups in total. The molecule has 0 bridgehead atoms. The van der Waals surface area contributed by atoms with E-state index < -0.39 is 6.49 Å². The summed E-state index contributed by atoms with van der Waals surface area (Å²) in [5.74, 6) is 0. The third kappa shape index (κ3) is 10.6. The zero-order valence-corrected chi connectivity index (χ0v) is 10.8. The van der Waals surface area contributed by atoms with Crippen LogP contribution in [0.15, 0.2) is 0 Å². The molecule has 1 saturated carbocycles. The van der Waals surface area contributed by atoms with Crippen molar-refractivity contribution >= 4 is 18.3 Å². The minimum atomic E-state index is -2.33. The van der Waals surface area contributed by atoms with E-state index in [1.54, 1.807) is 6.92 Å². The minimum Gasteiger partial charge on any atom is -0.345 e. The van der Waals surface area contributed by atoms with Crippen LogP contribution < -0.4 is 5.73 Å². The zero-order valence-electron chi connectivity index (χ0n) is 9.11. The largest absolute Gasteiger partial charge is 0.345 e. The van der Waals surface area contributed by atoms with Crippen molar-refractivity contribution in [3.63, 3.8) is 0 Å². The van der Waals surface area contributed by atoms with Gasteiger partial charge in [0.05, 0.1) is 6.61 Å². The van der Waals surface area contributed by atoms with Crippen LogP contribution in [0.4, 0.5) is 0 Å². The van der Waals surface area contributed by atoms with Gasteiger partial charge in [0, 0.05) is 12.7 Å². The Kier molecular flexibility index (Phi) is 8.07. The molecule has 86 valence electrons. The molecular weight excluding hydrogens is 217 g/mol. The second kappa shape index (κ2) is 7.77. The SMILES string of the molecule is CCOP(C)(O)=S.NC1CCCCC1. The molecule has 1 atom stereocenters. The second-order valence-electron chi connectivity index (χ2n) is 3.62. The molecule has 0 aliphatic heterocycles. The van der Waals surface area contributed by atoms with Gasteiger partial charge in [-0.3, -0.25) is 0 Å². The van der Waals surface area contributed by atoms with Crippen molar-refractivity contribution in [2.45, 2.75) is 45.1 Å². The number of nitrogens with two attached hydrogens (primary N) is 1. The zero-order chi connectivity index (χ0) is 11.0. The summed E-state index contributed by atoms with van der Waals surface area (Å²) < 4.78 is 4.71. The van der Waals surface area contributed by atoms with Crippen LogP contribution in [0.25, 0.3) is 0 Å². The summed E-state index contributed by atoms with van der Waals surface area (Å²) in [6.07, 6.45) is 6.66. The first-order valence-corrected chi connectivity index (χ1v) is 8.28. The highest BCUT2D eigenvalue weighted by molar-refractivity contribution is 8.09. The lowest BCUT2D eigenvalue weighted by Crippen LogP contribution is -2.22. The van der Waals surface area contributed by atoms with Crippen molar-refractivity contribution in [3.8, 4) is 0 Å². The highest BCUT2D eigenvalue weighted by Crippen LogP contribution is 2.36. The average Bonchev–Trinajstić information content (AvgIpc) is 2.04. The van der Waals surface area contributed by atoms with Crippen LogP contribution >= 0.6 is 6.49 Å². The van der Waals surface area contributed by atoms with Crippen molar-refractivity contribution < 1.29 is 9.42 Å². The Labute approximate surface area is 92.2 Å². The van der Waals surface area contributed by atoms with Gasteiger partial charge < -0.3 is 15.2 Å². The van der Waals surface area contributed by atoms with Crippen molar-refractivity contribution in [3.05, 3.63) is 0 Å². The fourth-order valence-electron chi connectivity index (χ4n) is 1.37. The van der Waals surface area contributed by atoms with E-state index in [9.17, 15) is 0 Å². The highest BCUT2D eigenvalue weighted by Gasteiger charge is 2.06. The van der Waals surface area contributed by atoms with Crippen LogP contribution in [0.5, 0.6) is 0 Å². The maximum atomic E-state index is 8.72. The fourth-order valence-corrected chi connectivity index (χ4v) is 2.17. The molecule has 5 heteroatoms. The topological polar surface area (TPSA) is 55.5 Å². The molecule has 0 heterocycles. The van der Waals surface area contributed by atoms with E-state index >= 15 is 0 Å². The number of hydrogen-bond acceptors (Lipinski definition) is 3. The van der Waals surface area contributed by atoms with E-state index in [0.717, 1.165) is 0 Å². The van der Waals surface area contributed by atoms with Gasteiger partial charge in [-0.2, -0.15) is 0 Å². The third-order valence-corrected chi connectivity index (χ3v) is 3.07. The molecule has 1 aliphatic carbocycles. The van der Waals surface area contributed by atoms with Crippen LogP contribution in [0.3, 0.4) is 0 Å². The van der Waals surface area contributed by atoms with Crippen LogP contribution in [0, 0.1) is 0 Å². The van der Waals surface area contributed by atoms with Gasteiger partial charge in [0.15, 0.2) is 6.49 Å². The van der Waals surface area contributed by atoms with Gasteiger partial charge in [-0.25, -0.2) is 0 Å². The Morgan fingerprint density at radius 2 is 1.93 bits per heavy atom. The summed E-state index contributed by atoms with van der Waals surface area (Å²) in [5, 5.41) is 0. The normalized spacial score (nSPS) is 22.0. The molecule has 1 rings (SSSR count). The number of hydrogen-bond donors (Lipinski definition) is 2. The predicted molar refractivity (Wildman–Crippen MR) is 65.1 cm³/mol. The third-order valence-electron chi connectivity index (χ3n) is 2.02. The molecule has 0 spiro atoms. The Balaban J connectivity index is 0.000000241. The fraction of sp³-hybridized carbons (Fsp3) is 1.00. The summed E-state index contributed by atoms with van der Waals surface area (Å²) in [6.45, 7) is 1.51. The maximum Gasteiger partial charge on any atom is 0.183 e. The van der Waals surface area contributed by atoms with Crippen LogP contribution in [-0.4, -0.2) is 24.2 Å². The lowest BCUT2D eigenvalue weighted by Gasteiger charge is -2.15. The Morgan fingerprint density at radius 1 is 1.43 bits per heavy atom. The van der Waals surface area contributed by atoms with Crippen molar-refractivity contribution in [1.29, 1.82) is 0 Å². The highest BCUT2D eigenvalue weighted by atomic mass is 32.5. The quantitative estimate of drug-likeness (QED) is 0.726. The summed E-state index contributed by atoms with van der Waals surface area (Å²) in [5.41, 5.74) is 5.63. The molecule has 3 nitrogen and oxygen atoms in total. The van der Waals surface area contributed by atoms with Crippen molar-refractivity contribution in [2.75, 3.05) is 13.3 Å². The van der Waals surface area contributed by atoms with Gasteiger partial charge in [0.2, 0.25) is 0 Å². The maximum absolute atomic E-state index is 8.72. The van der Waals surface area contributed by atoms with Gasteiger partial charge in [0.25, 0.3) is 0 Å². The first kappa shape index (κ1) is 14.5. The average molecular weight is 239 g/mol. The number of rotatable bonds is 2. The molecule has 1 unspecified atom stereocenters. The second-order valence-corrected chi connectivity index (χ2v) is 7.52. The van der Waals surface area contributed by atoms with Gasteiger partial charge in [-0.1, -0.05) is 19.3 Å². The molecule has 14 heavy (non-hydrogen) atoms. The minimum absolute atomic E-state index is 0.504. The molecule has 0 aromatic heterocycles. The molecule has 0 radical (unpaired) electrons. The Hall–Kier alpha value is 0.530. The van der Waals surface area contributed by atoms with E-state index in [0.29, 0.717) is 12.6 Å². The first-order chi connectivity index (χ1) is 6.45. The van der Waals surface area contributed by atoms with E-state index in [4.69, 9.17) is 15.2 Å². The van der Waals surface area contributed by atoms with E-state index in [1.807, 2.05) is 0 Å². The smallest absolute Gasteiger partial charge is 0.183 e. The molecule has 0 aromatic rings. The van der Waals surface area contributed by atoms with Gasteiger partial charge in [0.1, 0.15) is 0 Å². The summed E-state index contributed by atoms with van der Waals surface area (Å²) in [7, 11) is 0. The van der Waals surface area contributed by atoms with E-state index in [1.165, 1.54) is 38.8 Å². The molecule has 1 aliphatic rings. The molecule has 0 saturated heterocycles. The lowest BCUT2D eigenvalue weighted by molar-refractivity contribution is 0.331. The van der Waals surface area contributed by atoms with E-state index in [2.05, 4.69) is 11.8 Å². The van der Waals surface area contributed by atoms with Crippen LogP contribution in [-0.2, 0) is 16.3 Å². The van der Waals surface area contributed by atoms with Crippen LogP contribution in [0.2, 0.25) is 0 Å². The molecule has 1 fully saturated rings. The first-order valence-electron chi connectivity index (χ1n) is 5.16. The van der Waals surface area contributed by atoms with Gasteiger partial charge in [-0.15, -0.1) is 0 Å². The van der Waals surface area contributed by atoms with Crippen molar-refractivity contribution in [1.82, 2.24) is 0 Å². The van der Waals surface area contributed by atoms with Crippen LogP contribution in [0.1, 0.15) is 39.0 Å². The van der Waals surface area contributed by atoms with Gasteiger partial charge >= 0.3 is 0 Å². The summed E-state index contributed by atoms with van der Waals surface area (Å²) in [4.78, 5) is 8.72. The monoisotopic (exact) mass is 239 g/mol. The summed E-state index contributed by atoms with van der Waals surface area (Å²) in [6, 6.07) is 0.536. The summed E-state index contributed by atoms with van der Waals surface area (Å²) >= 11 is 4.53. The predicted octanol–water partition coefficient (Wildman–Crippen LogP) is 2.23. The standard InChI is InChI=1S/C6H13N.C3H9O2PS/c7-6-4-2-1-3-5-6;1-3-5-6(2,4)7/h6H,1-5,7H2;3H2,1-2H3,(H,4,7). The van der Waals surface area contributed by atoms with Gasteiger partial charge in [-0.05, 0) is 31.6 Å². The molecule has 0 amide bonds. The van der Waals surface area contributed by atoms with Crippen molar-refractivity contribution in [2.24, 2.45) is 5.73 Å². The Morgan fingerprint density at radius 3 is 2.07 bits per heavy atom.